The first-order valence-electron chi connectivity index (χ1n) is 9.99. The number of carbonyl (C=O) groups excluding carboxylic acids is 2. The minimum Gasteiger partial charge on any atom is -0.345 e. The van der Waals surface area contributed by atoms with Crippen molar-refractivity contribution in [2.24, 2.45) is 5.41 Å². The SMILES string of the molecule is Cc1cc(=O)c2ccccc2n1CC(=O)N1CCCC2(CCC(=O)N(C)C2)C1. The summed E-state index contributed by atoms with van der Waals surface area (Å²) in [5.41, 5.74) is 1.61. The average Bonchev–Trinajstić information content (AvgIpc) is 2.68. The molecule has 1 aromatic heterocycles. The lowest BCUT2D eigenvalue weighted by Crippen LogP contribution is -2.54. The minimum absolute atomic E-state index is 0.0105. The van der Waals surface area contributed by atoms with Crippen molar-refractivity contribution in [2.45, 2.75) is 39.2 Å². The van der Waals surface area contributed by atoms with E-state index < -0.39 is 0 Å². The van der Waals surface area contributed by atoms with Crippen molar-refractivity contribution < 1.29 is 9.59 Å². The lowest BCUT2D eigenvalue weighted by molar-refractivity contribution is -0.141. The predicted molar refractivity (Wildman–Crippen MR) is 108 cm³/mol. The Hall–Kier alpha value is -2.63. The van der Waals surface area contributed by atoms with Gasteiger partial charge in [0.15, 0.2) is 5.43 Å². The van der Waals surface area contributed by atoms with Crippen LogP contribution in [-0.4, -0.2) is 52.9 Å². The molecular weight excluding hydrogens is 354 g/mol. The summed E-state index contributed by atoms with van der Waals surface area (Å²) in [4.78, 5) is 41.1. The van der Waals surface area contributed by atoms with Gasteiger partial charge in [0.2, 0.25) is 11.8 Å². The van der Waals surface area contributed by atoms with Crippen molar-refractivity contribution in [3.05, 3.63) is 46.2 Å². The van der Waals surface area contributed by atoms with Crippen LogP contribution in [0.2, 0.25) is 0 Å². The van der Waals surface area contributed by atoms with E-state index in [1.54, 1.807) is 6.07 Å². The molecule has 1 atom stereocenters. The maximum atomic E-state index is 13.2. The quantitative estimate of drug-likeness (QED) is 0.801. The van der Waals surface area contributed by atoms with Gasteiger partial charge in [-0.2, -0.15) is 0 Å². The molecular formula is C22H27N3O3. The number of amides is 2. The molecule has 0 aliphatic carbocycles. The normalized spacial score (nSPS) is 22.9. The molecule has 0 bridgehead atoms. The predicted octanol–water partition coefficient (Wildman–Crippen LogP) is 2.17. The molecule has 0 radical (unpaired) electrons. The number of hydrogen-bond acceptors (Lipinski definition) is 3. The van der Waals surface area contributed by atoms with E-state index >= 15 is 0 Å². The Labute approximate surface area is 164 Å². The largest absolute Gasteiger partial charge is 0.345 e. The van der Waals surface area contributed by atoms with E-state index in [0.29, 0.717) is 18.4 Å². The summed E-state index contributed by atoms with van der Waals surface area (Å²) >= 11 is 0. The molecule has 2 amide bonds. The second kappa shape index (κ2) is 7.08. The first kappa shape index (κ1) is 18.7. The number of para-hydroxylation sites is 1. The van der Waals surface area contributed by atoms with Crippen LogP contribution >= 0.6 is 0 Å². The number of likely N-dealkylation sites (tertiary alicyclic amines) is 2. The van der Waals surface area contributed by atoms with Crippen LogP contribution in [0.3, 0.4) is 0 Å². The van der Waals surface area contributed by atoms with Crippen LogP contribution in [-0.2, 0) is 16.1 Å². The second-order valence-electron chi connectivity index (χ2n) is 8.42. The molecule has 0 saturated carbocycles. The van der Waals surface area contributed by atoms with Gasteiger partial charge in [-0.25, -0.2) is 0 Å². The van der Waals surface area contributed by atoms with E-state index in [-0.39, 0.29) is 29.2 Å². The minimum atomic E-state index is -0.0105. The number of aryl methyl sites for hydroxylation is 1. The number of nitrogens with zero attached hydrogens (tertiary/aromatic N) is 3. The third-order valence-electron chi connectivity index (χ3n) is 6.40. The molecule has 28 heavy (non-hydrogen) atoms. The smallest absolute Gasteiger partial charge is 0.242 e. The zero-order chi connectivity index (χ0) is 19.9. The zero-order valence-electron chi connectivity index (χ0n) is 16.6. The van der Waals surface area contributed by atoms with Crippen LogP contribution in [0, 0.1) is 12.3 Å². The van der Waals surface area contributed by atoms with Crippen LogP contribution in [0.1, 0.15) is 31.4 Å². The Morgan fingerprint density at radius 1 is 1.14 bits per heavy atom. The molecule has 4 rings (SSSR count). The van der Waals surface area contributed by atoms with Crippen LogP contribution in [0.5, 0.6) is 0 Å². The summed E-state index contributed by atoms with van der Waals surface area (Å²) in [6, 6.07) is 9.06. The highest BCUT2D eigenvalue weighted by atomic mass is 16.2. The van der Waals surface area contributed by atoms with Crippen molar-refractivity contribution in [3.8, 4) is 0 Å². The number of piperidine rings is 2. The van der Waals surface area contributed by atoms with Crippen LogP contribution in [0.4, 0.5) is 0 Å². The van der Waals surface area contributed by atoms with Crippen molar-refractivity contribution >= 4 is 22.7 Å². The van der Waals surface area contributed by atoms with Gasteiger partial charge >= 0.3 is 0 Å². The monoisotopic (exact) mass is 381 g/mol. The van der Waals surface area contributed by atoms with Gasteiger partial charge in [-0.15, -0.1) is 0 Å². The molecule has 2 aromatic rings. The number of carbonyl (C=O) groups is 2. The summed E-state index contributed by atoms with van der Waals surface area (Å²) in [5.74, 6) is 0.278. The molecule has 1 aromatic carbocycles. The van der Waals surface area contributed by atoms with Crippen LogP contribution in [0.15, 0.2) is 35.1 Å². The third-order valence-corrected chi connectivity index (χ3v) is 6.40. The summed E-state index contributed by atoms with van der Waals surface area (Å²) in [5, 5.41) is 0.642. The fourth-order valence-corrected chi connectivity index (χ4v) is 4.89. The van der Waals surface area contributed by atoms with Gasteiger partial charge in [0.1, 0.15) is 6.54 Å². The van der Waals surface area contributed by atoms with Crippen molar-refractivity contribution in [2.75, 3.05) is 26.7 Å². The van der Waals surface area contributed by atoms with Crippen LogP contribution < -0.4 is 5.43 Å². The molecule has 2 saturated heterocycles. The molecule has 148 valence electrons. The molecule has 6 nitrogen and oxygen atoms in total. The van der Waals surface area contributed by atoms with Crippen molar-refractivity contribution in [1.29, 1.82) is 0 Å². The maximum absolute atomic E-state index is 13.2. The molecule has 2 aliphatic rings. The molecule has 0 N–H and O–H groups in total. The first-order chi connectivity index (χ1) is 13.4. The van der Waals surface area contributed by atoms with Crippen molar-refractivity contribution in [3.63, 3.8) is 0 Å². The number of pyridine rings is 1. The van der Waals surface area contributed by atoms with Gasteiger partial charge in [-0.3, -0.25) is 14.4 Å². The second-order valence-corrected chi connectivity index (χ2v) is 8.42. The number of aromatic nitrogens is 1. The lowest BCUT2D eigenvalue weighted by atomic mass is 9.73. The summed E-state index contributed by atoms with van der Waals surface area (Å²) < 4.78 is 1.94. The molecule has 2 aliphatic heterocycles. The van der Waals surface area contributed by atoms with Gasteiger partial charge in [-0.1, -0.05) is 12.1 Å². The van der Waals surface area contributed by atoms with Crippen LogP contribution in [0.25, 0.3) is 10.9 Å². The average molecular weight is 381 g/mol. The van der Waals surface area contributed by atoms with Gasteiger partial charge in [-0.05, 0) is 38.3 Å². The fraction of sp³-hybridized carbons (Fsp3) is 0.500. The standard InChI is InChI=1S/C22H27N3O3/c1-16-12-19(26)17-6-3-4-7-18(17)25(16)13-21(28)24-11-5-9-22(15-24)10-8-20(27)23(2)14-22/h3-4,6-7,12H,5,8-11,13-15H2,1-2H3. The molecule has 3 heterocycles. The Balaban J connectivity index is 1.57. The Bertz CT molecular complexity index is 996. The van der Waals surface area contributed by atoms with E-state index in [1.165, 1.54) is 0 Å². The Morgan fingerprint density at radius 3 is 2.71 bits per heavy atom. The Morgan fingerprint density at radius 2 is 1.93 bits per heavy atom. The zero-order valence-corrected chi connectivity index (χ0v) is 16.6. The number of benzene rings is 1. The van der Waals surface area contributed by atoms with E-state index in [2.05, 4.69) is 0 Å². The van der Waals surface area contributed by atoms with E-state index in [0.717, 1.165) is 43.6 Å². The summed E-state index contributed by atoms with van der Waals surface area (Å²) in [6.45, 7) is 4.31. The van der Waals surface area contributed by atoms with Gasteiger partial charge in [0.25, 0.3) is 0 Å². The van der Waals surface area contributed by atoms with E-state index in [4.69, 9.17) is 0 Å². The maximum Gasteiger partial charge on any atom is 0.242 e. The molecule has 1 unspecified atom stereocenters. The van der Waals surface area contributed by atoms with Gasteiger partial charge < -0.3 is 14.4 Å². The highest BCUT2D eigenvalue weighted by Gasteiger charge is 2.41. The van der Waals surface area contributed by atoms with Gasteiger partial charge in [0, 0.05) is 55.7 Å². The topological polar surface area (TPSA) is 62.6 Å². The third kappa shape index (κ3) is 3.32. The highest BCUT2D eigenvalue weighted by Crippen LogP contribution is 2.38. The summed E-state index contributed by atoms with van der Waals surface area (Å²) in [7, 11) is 1.86. The van der Waals surface area contributed by atoms with E-state index in [9.17, 15) is 14.4 Å². The molecule has 6 heteroatoms. The van der Waals surface area contributed by atoms with Gasteiger partial charge in [0.05, 0.1) is 5.52 Å². The van der Waals surface area contributed by atoms with E-state index in [1.807, 2.05) is 52.6 Å². The number of hydrogen-bond donors (Lipinski definition) is 0. The van der Waals surface area contributed by atoms with Crippen molar-refractivity contribution in [1.82, 2.24) is 14.4 Å². The fourth-order valence-electron chi connectivity index (χ4n) is 4.89. The summed E-state index contributed by atoms with van der Waals surface area (Å²) in [6.07, 6.45) is 3.47. The molecule has 2 fully saturated rings. The number of rotatable bonds is 2. The number of fused-ring (bicyclic) bond motifs is 1. The first-order valence-corrected chi connectivity index (χ1v) is 9.99. The Kier molecular flexibility index (Phi) is 4.73. The highest BCUT2D eigenvalue weighted by molar-refractivity contribution is 5.83. The molecule has 1 spiro atoms. The lowest BCUT2D eigenvalue weighted by Gasteiger charge is -2.47.